The predicted octanol–water partition coefficient (Wildman–Crippen LogP) is 18.8. The van der Waals surface area contributed by atoms with Gasteiger partial charge in [0.15, 0.2) is 0 Å². The summed E-state index contributed by atoms with van der Waals surface area (Å²) in [5.74, 6) is 0. The van der Waals surface area contributed by atoms with E-state index in [9.17, 15) is 0 Å². The summed E-state index contributed by atoms with van der Waals surface area (Å²) in [4.78, 5) is 9.39. The molecule has 0 spiro atoms. The lowest BCUT2D eigenvalue weighted by molar-refractivity contribution is 1.28. The van der Waals surface area contributed by atoms with Crippen LogP contribution in [0.15, 0.2) is 285 Å². The van der Waals surface area contributed by atoms with Crippen LogP contribution in [0, 0.1) is 0 Å². The Morgan fingerprint density at radius 1 is 0.176 bits per heavy atom. The average Bonchev–Trinajstić information content (AvgIpc) is 3.82. The Bertz CT molecular complexity index is 3210. The van der Waals surface area contributed by atoms with Gasteiger partial charge in [0, 0.05) is 72.1 Å². The van der Waals surface area contributed by atoms with Crippen LogP contribution in [0.5, 0.6) is 0 Å². The molecule has 0 amide bonds. The van der Waals surface area contributed by atoms with E-state index in [1.807, 2.05) is 11.3 Å². The van der Waals surface area contributed by atoms with Crippen molar-refractivity contribution >= 4 is 62.5 Å². The van der Waals surface area contributed by atoms with Gasteiger partial charge in [-0.3, -0.25) is 0 Å². The van der Waals surface area contributed by atoms with Gasteiger partial charge in [0.2, 0.25) is 0 Å². The zero-order valence-corrected chi connectivity index (χ0v) is 38.2. The minimum atomic E-state index is 1.09. The molecule has 1 heterocycles. The Morgan fingerprint density at radius 2 is 0.368 bits per heavy atom. The van der Waals surface area contributed by atoms with Crippen molar-refractivity contribution < 1.29 is 0 Å². The Hall–Kier alpha value is -8.70. The highest BCUT2D eigenvalue weighted by atomic mass is 32.1. The number of hydrogen-bond acceptors (Lipinski definition) is 4. The molecule has 0 aliphatic carbocycles. The quantitative estimate of drug-likeness (QED) is 0.114. The molecular formula is C64H47N3S. The molecule has 4 heteroatoms. The van der Waals surface area contributed by atoms with Crippen molar-refractivity contribution in [3.05, 3.63) is 285 Å². The maximum absolute atomic E-state index is 2.32. The van der Waals surface area contributed by atoms with E-state index in [4.69, 9.17) is 0 Å². The number of benzene rings is 10. The van der Waals surface area contributed by atoms with Crippen LogP contribution in [0.3, 0.4) is 0 Å². The van der Waals surface area contributed by atoms with Crippen LogP contribution < -0.4 is 14.7 Å². The van der Waals surface area contributed by atoms with Gasteiger partial charge in [-0.2, -0.15) is 0 Å². The minimum absolute atomic E-state index is 1.09. The van der Waals surface area contributed by atoms with Crippen molar-refractivity contribution in [2.75, 3.05) is 14.7 Å². The topological polar surface area (TPSA) is 9.72 Å². The van der Waals surface area contributed by atoms with Gasteiger partial charge >= 0.3 is 0 Å². The van der Waals surface area contributed by atoms with Gasteiger partial charge < -0.3 is 14.7 Å². The van der Waals surface area contributed by atoms with Crippen LogP contribution in [-0.4, -0.2) is 0 Å². The lowest BCUT2D eigenvalue weighted by atomic mass is 9.91. The molecule has 0 aliphatic rings. The highest BCUT2D eigenvalue weighted by Crippen LogP contribution is 2.53. The second-order valence-corrected chi connectivity index (χ2v) is 17.6. The highest BCUT2D eigenvalue weighted by molar-refractivity contribution is 7.20. The molecule has 68 heavy (non-hydrogen) atoms. The van der Waals surface area contributed by atoms with Crippen molar-refractivity contribution in [2.24, 2.45) is 0 Å². The fraction of sp³-hybridized carbons (Fsp3) is 0. The first kappa shape index (κ1) is 42.0. The summed E-state index contributed by atoms with van der Waals surface area (Å²) in [6.07, 6.45) is 0. The van der Waals surface area contributed by atoms with Crippen molar-refractivity contribution in [3.8, 4) is 43.1 Å². The molecule has 324 valence electrons. The summed E-state index contributed by atoms with van der Waals surface area (Å²) in [7, 11) is 0. The maximum atomic E-state index is 2.32. The molecule has 0 unspecified atom stereocenters. The lowest BCUT2D eigenvalue weighted by Gasteiger charge is -2.26. The van der Waals surface area contributed by atoms with Crippen molar-refractivity contribution in [3.63, 3.8) is 0 Å². The number of rotatable bonds is 13. The molecule has 0 N–H and O–H groups in total. The molecule has 0 bridgehead atoms. The summed E-state index contributed by atoms with van der Waals surface area (Å²) in [6, 6.07) is 102. The van der Waals surface area contributed by atoms with Gasteiger partial charge in [-0.25, -0.2) is 0 Å². The van der Waals surface area contributed by atoms with E-state index in [1.54, 1.807) is 0 Å². The number of para-hydroxylation sites is 6. The van der Waals surface area contributed by atoms with Gasteiger partial charge in [-0.15, -0.1) is 11.3 Å². The van der Waals surface area contributed by atoms with E-state index in [0.717, 1.165) is 67.9 Å². The van der Waals surface area contributed by atoms with Gasteiger partial charge in [-0.05, 0) is 131 Å². The van der Waals surface area contributed by atoms with Crippen LogP contribution in [0.1, 0.15) is 0 Å². The van der Waals surface area contributed by atoms with Crippen molar-refractivity contribution in [2.45, 2.75) is 0 Å². The summed E-state index contributed by atoms with van der Waals surface area (Å²) >= 11 is 1.86. The second-order valence-electron chi connectivity index (χ2n) is 16.5. The number of anilines is 9. The number of hydrogen-bond donors (Lipinski definition) is 0. The molecule has 11 rings (SSSR count). The van der Waals surface area contributed by atoms with Crippen LogP contribution in [0.2, 0.25) is 0 Å². The molecule has 1 aromatic heterocycles. The maximum Gasteiger partial charge on any atom is 0.0462 e. The zero-order chi connectivity index (χ0) is 45.5. The van der Waals surface area contributed by atoms with E-state index < -0.39 is 0 Å². The fourth-order valence-corrected chi connectivity index (χ4v) is 10.5. The van der Waals surface area contributed by atoms with Gasteiger partial charge in [0.1, 0.15) is 0 Å². The summed E-state index contributed by atoms with van der Waals surface area (Å²) in [6.45, 7) is 0. The molecule has 0 saturated heterocycles. The van der Waals surface area contributed by atoms with Crippen LogP contribution in [0.4, 0.5) is 51.2 Å². The minimum Gasteiger partial charge on any atom is -0.311 e. The van der Waals surface area contributed by atoms with Gasteiger partial charge in [0.05, 0.1) is 0 Å². The smallest absolute Gasteiger partial charge is 0.0462 e. The molecule has 11 aromatic rings. The molecular weight excluding hydrogens is 843 g/mol. The second kappa shape index (κ2) is 19.4. The third-order valence-electron chi connectivity index (χ3n) is 12.2. The fourth-order valence-electron chi connectivity index (χ4n) is 9.10. The molecule has 3 nitrogen and oxygen atoms in total. The molecule has 0 fully saturated rings. The van der Waals surface area contributed by atoms with Crippen molar-refractivity contribution in [1.82, 2.24) is 0 Å². The average molecular weight is 890 g/mol. The van der Waals surface area contributed by atoms with Crippen molar-refractivity contribution in [1.29, 1.82) is 0 Å². The normalized spacial score (nSPS) is 10.9. The van der Waals surface area contributed by atoms with E-state index in [2.05, 4.69) is 300 Å². The first-order valence-electron chi connectivity index (χ1n) is 23.0. The van der Waals surface area contributed by atoms with Crippen LogP contribution >= 0.6 is 11.3 Å². The zero-order valence-electron chi connectivity index (χ0n) is 37.4. The van der Waals surface area contributed by atoms with E-state index in [1.165, 1.54) is 26.4 Å². The largest absolute Gasteiger partial charge is 0.311 e. The Balaban J connectivity index is 1.08. The molecule has 0 atom stereocenters. The third-order valence-corrected chi connectivity index (χ3v) is 13.5. The molecule has 10 aromatic carbocycles. The SMILES string of the molecule is c1ccc(-c2c(-c3ccc(N(c4ccccc4)c4ccccc4)cc3)sc(-c3ccc(N(c4ccccc4)c4ccccc4)cc3)c2-c2ccc(N(c3ccccc3)c3ccccc3)cc2)cc1. The summed E-state index contributed by atoms with van der Waals surface area (Å²) in [5, 5.41) is 0. The predicted molar refractivity (Wildman–Crippen MR) is 290 cm³/mol. The summed E-state index contributed by atoms with van der Waals surface area (Å²) < 4.78 is 0. The highest BCUT2D eigenvalue weighted by Gasteiger charge is 2.25. The Kier molecular flexibility index (Phi) is 12.0. The monoisotopic (exact) mass is 889 g/mol. The van der Waals surface area contributed by atoms with E-state index in [-0.39, 0.29) is 0 Å². The molecule has 0 radical (unpaired) electrons. The third kappa shape index (κ3) is 8.60. The molecule has 0 saturated carbocycles. The van der Waals surface area contributed by atoms with Crippen LogP contribution in [-0.2, 0) is 0 Å². The standard InChI is InChI=1S/C64H47N3S/c1-8-22-48(23-9-1)61-62(49-36-42-58(43-37-49)65(52-24-10-2-11-25-52)53-26-12-3-13-27-53)64(51-40-46-60(47-41-51)67(56-32-18-6-19-33-56)57-34-20-7-21-35-57)68-63(61)50-38-44-59(45-39-50)66(54-28-14-4-15-29-54)55-30-16-5-17-31-55/h1-47H. The first-order valence-corrected chi connectivity index (χ1v) is 23.8. The van der Waals surface area contributed by atoms with Gasteiger partial charge in [0.25, 0.3) is 0 Å². The van der Waals surface area contributed by atoms with Gasteiger partial charge in [-0.1, -0.05) is 176 Å². The van der Waals surface area contributed by atoms with Crippen LogP contribution in [0.25, 0.3) is 43.1 Å². The molecule has 0 aliphatic heterocycles. The van der Waals surface area contributed by atoms with E-state index in [0.29, 0.717) is 0 Å². The Morgan fingerprint density at radius 3 is 0.618 bits per heavy atom. The Labute approximate surface area is 403 Å². The summed E-state index contributed by atoms with van der Waals surface area (Å²) in [5.41, 5.74) is 17.0. The van der Waals surface area contributed by atoms with E-state index >= 15 is 0 Å². The lowest BCUT2D eigenvalue weighted by Crippen LogP contribution is -2.09. The number of nitrogens with zero attached hydrogens (tertiary/aromatic N) is 3. The first-order chi connectivity index (χ1) is 33.8. The number of thiophene rings is 1.